The molecule has 16 heavy (non-hydrogen) atoms. The van der Waals surface area contributed by atoms with E-state index in [0.717, 1.165) is 13.0 Å². The topological polar surface area (TPSA) is 44.4 Å². The van der Waals surface area contributed by atoms with Crippen LogP contribution in [0.3, 0.4) is 0 Å². The predicted octanol–water partition coefficient (Wildman–Crippen LogP) is 0.831. The minimum absolute atomic E-state index is 0.0674. The van der Waals surface area contributed by atoms with Gasteiger partial charge in [0.1, 0.15) is 0 Å². The molecule has 0 aliphatic heterocycles. The third kappa shape index (κ3) is 6.80. The molecule has 4 nitrogen and oxygen atoms in total. The monoisotopic (exact) mass is 229 g/mol. The smallest absolute Gasteiger partial charge is 0.234 e. The molecule has 2 N–H and O–H groups in total. The van der Waals surface area contributed by atoms with E-state index in [0.29, 0.717) is 12.6 Å². The number of likely N-dealkylation sites (N-methyl/N-ethyl adjacent to an activating group) is 1. The molecule has 0 aromatic carbocycles. The van der Waals surface area contributed by atoms with Crippen LogP contribution in [0.1, 0.15) is 34.1 Å². The number of rotatable bonds is 7. The highest BCUT2D eigenvalue weighted by atomic mass is 16.2. The molecule has 0 saturated carbocycles. The van der Waals surface area contributed by atoms with Crippen LogP contribution in [0, 0.1) is 0 Å². The van der Waals surface area contributed by atoms with Crippen molar-refractivity contribution in [2.45, 2.75) is 45.7 Å². The largest absolute Gasteiger partial charge is 0.350 e. The lowest BCUT2D eigenvalue weighted by Gasteiger charge is -2.25. The summed E-state index contributed by atoms with van der Waals surface area (Å²) < 4.78 is 0. The summed E-state index contributed by atoms with van der Waals surface area (Å²) in [5.74, 6) is 0.0674. The predicted molar refractivity (Wildman–Crippen MR) is 68.5 cm³/mol. The molecule has 96 valence electrons. The standard InChI is InChI=1S/C12H27N3O/c1-7-12(3,4)14-11(16)9-13-8-10(2)15(5)6/h10,13H,7-9H2,1-6H3,(H,14,16). The molecule has 0 radical (unpaired) electrons. The van der Waals surface area contributed by atoms with Crippen molar-refractivity contribution in [3.63, 3.8) is 0 Å². The molecule has 0 spiro atoms. The van der Waals surface area contributed by atoms with Crippen molar-refractivity contribution in [1.29, 1.82) is 0 Å². The van der Waals surface area contributed by atoms with Gasteiger partial charge < -0.3 is 15.5 Å². The maximum absolute atomic E-state index is 11.6. The zero-order valence-corrected chi connectivity index (χ0v) is 11.6. The van der Waals surface area contributed by atoms with Crippen LogP contribution >= 0.6 is 0 Å². The van der Waals surface area contributed by atoms with Crippen LogP contribution in [-0.4, -0.2) is 49.6 Å². The van der Waals surface area contributed by atoms with Crippen molar-refractivity contribution in [1.82, 2.24) is 15.5 Å². The summed E-state index contributed by atoms with van der Waals surface area (Å²) in [7, 11) is 4.07. The summed E-state index contributed by atoms with van der Waals surface area (Å²) in [6.07, 6.45) is 0.937. The van der Waals surface area contributed by atoms with Gasteiger partial charge in [-0.2, -0.15) is 0 Å². The maximum Gasteiger partial charge on any atom is 0.234 e. The maximum atomic E-state index is 11.6. The lowest BCUT2D eigenvalue weighted by Crippen LogP contribution is -2.47. The Kier molecular flexibility index (Phi) is 6.60. The summed E-state index contributed by atoms with van der Waals surface area (Å²) in [6, 6.07) is 0.437. The Labute approximate surface area is 99.8 Å². The number of nitrogens with one attached hydrogen (secondary N) is 2. The lowest BCUT2D eigenvalue weighted by atomic mass is 10.0. The normalized spacial score (nSPS) is 13.9. The van der Waals surface area contributed by atoms with E-state index in [1.165, 1.54) is 0 Å². The fourth-order valence-corrected chi connectivity index (χ4v) is 1.09. The zero-order valence-electron chi connectivity index (χ0n) is 11.6. The fraction of sp³-hybridized carbons (Fsp3) is 0.917. The second kappa shape index (κ2) is 6.86. The van der Waals surface area contributed by atoms with Crippen molar-refractivity contribution in [2.24, 2.45) is 0 Å². The fourth-order valence-electron chi connectivity index (χ4n) is 1.09. The van der Waals surface area contributed by atoms with E-state index in [4.69, 9.17) is 0 Å². The highest BCUT2D eigenvalue weighted by molar-refractivity contribution is 5.78. The first-order chi connectivity index (χ1) is 7.28. The van der Waals surface area contributed by atoms with Gasteiger partial charge in [0.25, 0.3) is 0 Å². The van der Waals surface area contributed by atoms with Gasteiger partial charge in [-0.05, 0) is 41.3 Å². The van der Waals surface area contributed by atoms with Crippen LogP contribution in [0.2, 0.25) is 0 Å². The third-order valence-corrected chi connectivity index (χ3v) is 2.97. The SMILES string of the molecule is CCC(C)(C)NC(=O)CNCC(C)N(C)C. The first-order valence-corrected chi connectivity index (χ1v) is 5.96. The molecule has 1 atom stereocenters. The van der Waals surface area contributed by atoms with Crippen molar-refractivity contribution in [3.8, 4) is 0 Å². The Bertz CT molecular complexity index is 214. The molecule has 0 aromatic rings. The summed E-state index contributed by atoms with van der Waals surface area (Å²) in [4.78, 5) is 13.7. The molecule has 4 heteroatoms. The van der Waals surface area contributed by atoms with Gasteiger partial charge in [0.15, 0.2) is 0 Å². The van der Waals surface area contributed by atoms with E-state index in [-0.39, 0.29) is 11.4 Å². The van der Waals surface area contributed by atoms with Crippen molar-refractivity contribution >= 4 is 5.91 Å². The Hall–Kier alpha value is -0.610. The van der Waals surface area contributed by atoms with Crippen molar-refractivity contribution < 1.29 is 4.79 Å². The van der Waals surface area contributed by atoms with Crippen LogP contribution in [0.4, 0.5) is 0 Å². The molecule has 0 saturated heterocycles. The molecular weight excluding hydrogens is 202 g/mol. The molecule has 1 unspecified atom stereocenters. The van der Waals surface area contributed by atoms with Crippen LogP contribution in [0.5, 0.6) is 0 Å². The van der Waals surface area contributed by atoms with E-state index in [2.05, 4.69) is 29.4 Å². The molecular formula is C12H27N3O. The Morgan fingerprint density at radius 2 is 1.94 bits per heavy atom. The molecule has 1 amide bonds. The van der Waals surface area contributed by atoms with Crippen LogP contribution in [-0.2, 0) is 4.79 Å². The number of carbonyl (C=O) groups is 1. The van der Waals surface area contributed by atoms with E-state index < -0.39 is 0 Å². The lowest BCUT2D eigenvalue weighted by molar-refractivity contribution is -0.121. The van der Waals surface area contributed by atoms with E-state index >= 15 is 0 Å². The highest BCUT2D eigenvalue weighted by Crippen LogP contribution is 2.05. The molecule has 0 aromatic heterocycles. The average molecular weight is 229 g/mol. The van der Waals surface area contributed by atoms with E-state index in [1.807, 2.05) is 27.9 Å². The average Bonchev–Trinajstić information content (AvgIpc) is 2.16. The van der Waals surface area contributed by atoms with Gasteiger partial charge in [0.2, 0.25) is 5.91 Å². The molecule has 0 heterocycles. The van der Waals surface area contributed by atoms with Gasteiger partial charge in [-0.3, -0.25) is 4.79 Å². The van der Waals surface area contributed by atoms with E-state index in [9.17, 15) is 4.79 Å². The number of hydrogen-bond donors (Lipinski definition) is 2. The molecule has 0 aliphatic rings. The van der Waals surface area contributed by atoms with Gasteiger partial charge >= 0.3 is 0 Å². The Morgan fingerprint density at radius 3 is 2.38 bits per heavy atom. The molecule has 0 fully saturated rings. The minimum atomic E-state index is -0.105. The highest BCUT2D eigenvalue weighted by Gasteiger charge is 2.17. The third-order valence-electron chi connectivity index (χ3n) is 2.97. The van der Waals surface area contributed by atoms with Gasteiger partial charge in [-0.1, -0.05) is 6.92 Å². The number of amides is 1. The van der Waals surface area contributed by atoms with Crippen LogP contribution in [0.15, 0.2) is 0 Å². The Balaban J connectivity index is 3.75. The van der Waals surface area contributed by atoms with Gasteiger partial charge in [-0.25, -0.2) is 0 Å². The summed E-state index contributed by atoms with van der Waals surface area (Å²) in [5.41, 5.74) is -0.105. The first-order valence-electron chi connectivity index (χ1n) is 5.96. The zero-order chi connectivity index (χ0) is 12.8. The summed E-state index contributed by atoms with van der Waals surface area (Å²) in [5, 5.41) is 6.15. The summed E-state index contributed by atoms with van der Waals surface area (Å²) >= 11 is 0. The van der Waals surface area contributed by atoms with Gasteiger partial charge in [0, 0.05) is 18.1 Å². The number of hydrogen-bond acceptors (Lipinski definition) is 3. The Morgan fingerprint density at radius 1 is 1.38 bits per heavy atom. The van der Waals surface area contributed by atoms with Crippen molar-refractivity contribution in [3.05, 3.63) is 0 Å². The quantitative estimate of drug-likeness (QED) is 0.680. The minimum Gasteiger partial charge on any atom is -0.350 e. The number of carbonyl (C=O) groups excluding carboxylic acids is 1. The second-order valence-corrected chi connectivity index (χ2v) is 5.23. The van der Waals surface area contributed by atoms with Gasteiger partial charge in [0.05, 0.1) is 6.54 Å². The first kappa shape index (κ1) is 15.4. The molecule has 0 bridgehead atoms. The second-order valence-electron chi connectivity index (χ2n) is 5.23. The van der Waals surface area contributed by atoms with E-state index in [1.54, 1.807) is 0 Å². The van der Waals surface area contributed by atoms with Crippen LogP contribution in [0.25, 0.3) is 0 Å². The van der Waals surface area contributed by atoms with Crippen molar-refractivity contribution in [2.75, 3.05) is 27.2 Å². The molecule has 0 rings (SSSR count). The molecule has 0 aliphatic carbocycles. The van der Waals surface area contributed by atoms with Crippen LogP contribution < -0.4 is 10.6 Å². The van der Waals surface area contributed by atoms with Gasteiger partial charge in [-0.15, -0.1) is 0 Å². The summed E-state index contributed by atoms with van der Waals surface area (Å²) in [6.45, 7) is 9.48. The number of nitrogens with zero attached hydrogens (tertiary/aromatic N) is 1.